The first-order chi connectivity index (χ1) is 40.1. The highest BCUT2D eigenvalue weighted by Gasteiger charge is 2.24. The van der Waals surface area contributed by atoms with Crippen LogP contribution in [0.1, 0.15) is 44.4 Å². The molecule has 5 aromatic carbocycles. The van der Waals surface area contributed by atoms with Crippen LogP contribution in [0.25, 0.3) is 42.9 Å². The van der Waals surface area contributed by atoms with Crippen molar-refractivity contribution in [3.63, 3.8) is 0 Å². The molecule has 0 aliphatic rings. The summed E-state index contributed by atoms with van der Waals surface area (Å²) in [6.07, 6.45) is 0. The number of hydrogen-bond donors (Lipinski definition) is 5. The van der Waals surface area contributed by atoms with Gasteiger partial charge in [0.05, 0.1) is 48.2 Å². The number of hydrogen-bond acceptors (Lipinski definition) is 26. The molecule has 10 aromatic rings. The van der Waals surface area contributed by atoms with E-state index in [0.717, 1.165) is 57.5 Å². The molecule has 0 radical (unpaired) electrons. The van der Waals surface area contributed by atoms with Crippen LogP contribution in [-0.2, 0) is 36.1 Å². The van der Waals surface area contributed by atoms with E-state index in [4.69, 9.17) is 25.2 Å². The first kappa shape index (κ1) is 59.8. The minimum Gasteiger partial charge on any atom is -0.372 e. The zero-order valence-corrected chi connectivity index (χ0v) is 51.7. The van der Waals surface area contributed by atoms with Crippen molar-refractivity contribution in [3.8, 4) is 22.5 Å². The van der Waals surface area contributed by atoms with Crippen molar-refractivity contribution in [2.24, 2.45) is 20.5 Å². The Morgan fingerprint density at radius 2 is 0.988 bits per heavy atom. The van der Waals surface area contributed by atoms with Gasteiger partial charge < -0.3 is 20.4 Å². The monoisotopic (exact) mass is 1280 g/mol. The van der Waals surface area contributed by atoms with Crippen LogP contribution in [0.3, 0.4) is 0 Å². The summed E-state index contributed by atoms with van der Waals surface area (Å²) < 4.78 is 121. The third-order valence-corrected chi connectivity index (χ3v) is 20.0. The van der Waals surface area contributed by atoms with Crippen LogP contribution in [0.2, 0.25) is 0 Å². The zero-order valence-electron chi connectivity index (χ0n) is 45.1. The molecule has 5 heterocycles. The molecule has 0 saturated heterocycles. The van der Waals surface area contributed by atoms with Gasteiger partial charge in [0.15, 0.2) is 24.8 Å². The van der Waals surface area contributed by atoms with Gasteiger partial charge in [-0.2, -0.15) is 57.7 Å². The molecule has 0 amide bonds. The molecule has 5 aromatic heterocycles. The Balaban J connectivity index is 1.05. The van der Waals surface area contributed by atoms with Gasteiger partial charge in [0.2, 0.25) is 11.9 Å². The van der Waals surface area contributed by atoms with Gasteiger partial charge in [-0.15, -0.1) is 20.5 Å². The van der Waals surface area contributed by atoms with Crippen LogP contribution in [0.15, 0.2) is 137 Å². The van der Waals surface area contributed by atoms with Gasteiger partial charge in [-0.1, -0.05) is 48.2 Å². The second-order valence-electron chi connectivity index (χ2n) is 18.4. The Morgan fingerprint density at radius 3 is 1.42 bits per heavy atom. The van der Waals surface area contributed by atoms with Gasteiger partial charge >= 0.3 is 0 Å². The molecule has 0 bridgehead atoms. The summed E-state index contributed by atoms with van der Waals surface area (Å²) >= 11 is 5.55. The predicted molar refractivity (Wildman–Crippen MR) is 331 cm³/mol. The van der Waals surface area contributed by atoms with Gasteiger partial charge in [-0.3, -0.25) is 13.7 Å². The van der Waals surface area contributed by atoms with E-state index in [1.165, 1.54) is 42.1 Å². The van der Waals surface area contributed by atoms with Crippen LogP contribution >= 0.6 is 57.9 Å². The number of fused-ring (bicyclic) bond motifs is 2. The number of benzene rings is 5. The topological polar surface area (TPSA) is 333 Å². The van der Waals surface area contributed by atoms with Crippen LogP contribution in [0.5, 0.6) is 0 Å². The van der Waals surface area contributed by atoms with E-state index < -0.39 is 30.4 Å². The number of azo groups is 2. The average Bonchev–Trinajstić information content (AvgIpc) is 2.12. The minimum absolute atomic E-state index is 0.0641. The van der Waals surface area contributed by atoms with Crippen molar-refractivity contribution in [3.05, 3.63) is 114 Å². The fourth-order valence-corrected chi connectivity index (χ4v) is 14.8. The molecular weight excluding hydrogens is 1240 g/mol. The van der Waals surface area contributed by atoms with Crippen LogP contribution < -0.4 is 20.4 Å². The second-order valence-corrected chi connectivity index (χ2v) is 26.5. The number of nitrogens with one attached hydrogen (secondary N) is 2. The van der Waals surface area contributed by atoms with Crippen molar-refractivity contribution in [2.45, 2.75) is 67.1 Å². The Kier molecular flexibility index (Phi) is 17.6. The van der Waals surface area contributed by atoms with E-state index in [-0.39, 0.29) is 37.5 Å². The Bertz CT molecular complexity index is 4320. The number of anilines is 6. The van der Waals surface area contributed by atoms with Gasteiger partial charge in [0.25, 0.3) is 30.4 Å². The molecule has 0 unspecified atom stereocenters. The molecule has 0 atom stereocenters. The van der Waals surface area contributed by atoms with E-state index in [0.29, 0.717) is 119 Å². The summed E-state index contributed by atoms with van der Waals surface area (Å²) in [7, 11) is -13.6. The lowest BCUT2D eigenvalue weighted by Crippen LogP contribution is -2.21. The van der Waals surface area contributed by atoms with E-state index in [1.807, 2.05) is 52.0 Å². The molecule has 5 N–H and O–H groups in total. The number of aromatic nitrogens is 7. The smallest absolute Gasteiger partial charge is 0.294 e. The second kappa shape index (κ2) is 24.7. The van der Waals surface area contributed by atoms with Crippen molar-refractivity contribution >= 4 is 165 Å². The maximum atomic E-state index is 12.3. The van der Waals surface area contributed by atoms with Crippen molar-refractivity contribution in [1.29, 1.82) is 0 Å². The van der Waals surface area contributed by atoms with Crippen molar-refractivity contribution in [1.82, 2.24) is 32.4 Å². The van der Waals surface area contributed by atoms with E-state index in [2.05, 4.69) is 48.2 Å². The molecule has 0 aliphatic carbocycles. The molecule has 32 heteroatoms. The van der Waals surface area contributed by atoms with E-state index in [9.17, 15) is 38.9 Å². The number of aryl methyl sites for hydroxylation is 2. The van der Waals surface area contributed by atoms with Gasteiger partial charge in [0, 0.05) is 54.4 Å². The molecule has 84 heavy (non-hydrogen) atoms. The summed E-state index contributed by atoms with van der Waals surface area (Å²) in [4.78, 5) is 19.2. The lowest BCUT2D eigenvalue weighted by molar-refractivity contribution is 0.480. The first-order valence-electron chi connectivity index (χ1n) is 25.4. The highest BCUT2D eigenvalue weighted by atomic mass is 32.2. The maximum absolute atomic E-state index is 12.3. The fourth-order valence-electron chi connectivity index (χ4n) is 8.82. The summed E-state index contributed by atoms with van der Waals surface area (Å²) in [6.45, 7) is 14.0. The Hall–Kier alpha value is -7.37. The standard InChI is InChI=1S/C52H49N15O9S8/c1-7-66(8-2)33-18-20-36(58-60-46-42-44(62-80-48(42)64-78-46)31-16-14-28(5)40(23-31)83(71,72)73)38(25-33)53-50-55-51(57-52(56-50)77-27-30-12-11-13-35(22-30)82(68,69)70)54-39-26-34(67(9-3)10-4)19-21-37(39)59-61-47-43-45(63-81-49(43)65-79-47)32-17-15-29(6)41(24-32)84(74,75)76/h11-26H,7-10,27H2,1-6H3,(H,68,69,70)(H,71,72,73)(H,74,75,76)(H2,53,54,55,56,57). The summed E-state index contributed by atoms with van der Waals surface area (Å²) in [6, 6.07) is 26.4. The number of nitrogens with zero attached hydrogens (tertiary/aromatic N) is 13. The molecule has 0 aliphatic heterocycles. The third-order valence-electron chi connectivity index (χ3n) is 13.1. The molecule has 0 spiro atoms. The highest BCUT2D eigenvalue weighted by molar-refractivity contribution is 7.98. The SMILES string of the molecule is CCN(CC)c1ccc(N=Nc2snc3snc(-c4ccc(C)c(S(=O)(=O)O)c4)c23)c(Nc2nc(Nc3cc(N(CC)CC)ccc3N=Nc3snc4snc(-c5ccc(C)c(S(=O)(=O)O)c5)c34)nc(SCc3cccc(S(=O)(=O)O)c3)n2)c1. The Labute approximate surface area is 502 Å². The summed E-state index contributed by atoms with van der Waals surface area (Å²) in [5, 5.41) is 27.6. The van der Waals surface area contributed by atoms with Crippen LogP contribution in [0, 0.1) is 13.8 Å². The first-order valence-corrected chi connectivity index (χ1v) is 33.8. The predicted octanol–water partition coefficient (Wildman–Crippen LogP) is 14.0. The molecule has 0 saturated carbocycles. The van der Waals surface area contributed by atoms with E-state index >= 15 is 0 Å². The van der Waals surface area contributed by atoms with Crippen LogP contribution in [-0.4, -0.2) is 97.5 Å². The normalized spacial score (nSPS) is 12.3. The van der Waals surface area contributed by atoms with E-state index in [1.54, 1.807) is 56.3 Å². The third kappa shape index (κ3) is 13.1. The van der Waals surface area contributed by atoms with Gasteiger partial charge in [-0.25, -0.2) is 0 Å². The van der Waals surface area contributed by atoms with Crippen molar-refractivity contribution in [2.75, 3.05) is 46.6 Å². The number of thioether (sulfide) groups is 1. The van der Waals surface area contributed by atoms with Crippen LogP contribution in [0.4, 0.5) is 56.0 Å². The maximum Gasteiger partial charge on any atom is 0.294 e. The molecule has 10 rings (SSSR count). The van der Waals surface area contributed by atoms with Crippen molar-refractivity contribution < 1.29 is 38.9 Å². The average molecular weight is 1280 g/mol. The van der Waals surface area contributed by atoms with Gasteiger partial charge in [-0.05, 0) is 165 Å². The summed E-state index contributed by atoms with van der Waals surface area (Å²) in [5.41, 5.74) is 6.26. The quantitative estimate of drug-likeness (QED) is 0.0239. The largest absolute Gasteiger partial charge is 0.372 e. The molecule has 0 fully saturated rings. The molecule has 434 valence electrons. The zero-order chi connectivity index (χ0) is 59.7. The Morgan fingerprint density at radius 1 is 0.524 bits per heavy atom. The molecule has 24 nitrogen and oxygen atoms in total. The lowest BCUT2D eigenvalue weighted by atomic mass is 10.1. The van der Waals surface area contributed by atoms with Gasteiger partial charge in [0.1, 0.15) is 11.4 Å². The summed E-state index contributed by atoms with van der Waals surface area (Å²) in [5.74, 6) is 0.300. The highest BCUT2D eigenvalue weighted by Crippen LogP contribution is 2.45. The lowest BCUT2D eigenvalue weighted by Gasteiger charge is -2.22. The minimum atomic E-state index is -4.54. The number of rotatable bonds is 22. The molecular formula is C52H49N15O9S8. The fraction of sp³-hybridized carbons (Fsp3) is 0.212.